The van der Waals surface area contributed by atoms with Gasteiger partial charge in [-0.15, -0.1) is 30.1 Å². The van der Waals surface area contributed by atoms with Crippen LogP contribution in [0.25, 0.3) is 0 Å². The Morgan fingerprint density at radius 3 is 1.79 bits per heavy atom. The Balaban J connectivity index is 0.000000245. The van der Waals surface area contributed by atoms with Gasteiger partial charge in [-0.2, -0.15) is 22.0 Å². The molecule has 1 unspecified atom stereocenters. The van der Waals surface area contributed by atoms with Crippen molar-refractivity contribution in [2.45, 2.75) is 175 Å². The molecule has 8 rings (SSSR count). The number of unbranched alkanes of at least 4 members (excludes halogenated alkanes) is 2. The summed E-state index contributed by atoms with van der Waals surface area (Å²) in [6.07, 6.45) is 9.05. The van der Waals surface area contributed by atoms with Crippen molar-refractivity contribution >= 4 is 23.5 Å². The smallest absolute Gasteiger partial charge is 0.196 e. The monoisotopic (exact) mass is 888 g/mol. The number of rotatable bonds is 9. The molecule has 2 bridgehead atoms. The quantitative estimate of drug-likeness (QED) is 0.0933. The maximum atomic E-state index is 13.3. The predicted octanol–water partition coefficient (Wildman–Crippen LogP) is 17.6. The highest BCUT2D eigenvalue weighted by molar-refractivity contribution is 7.99. The molecule has 4 aromatic carbocycles. The van der Waals surface area contributed by atoms with E-state index in [0.29, 0.717) is 30.6 Å². The molecular weight excluding hydrogens is 820 g/mol. The summed E-state index contributed by atoms with van der Waals surface area (Å²) in [6.45, 7) is 15.4. The molecule has 2 heterocycles. The van der Waals surface area contributed by atoms with Crippen molar-refractivity contribution in [3.63, 3.8) is 0 Å². The van der Waals surface area contributed by atoms with Crippen molar-refractivity contribution < 1.29 is 22.0 Å². The number of benzene rings is 4. The Hall–Kier alpha value is -3.03. The average Bonchev–Trinajstić information content (AvgIpc) is 3.23. The molecule has 4 aromatic rings. The van der Waals surface area contributed by atoms with Gasteiger partial charge in [0.2, 0.25) is 0 Å². The minimum atomic E-state index is -5.45. The Kier molecular flexibility index (Phi) is 16.6. The summed E-state index contributed by atoms with van der Waals surface area (Å²) in [7, 11) is 0. The summed E-state index contributed by atoms with van der Waals surface area (Å²) in [5.74, 6) is -0.936. The Morgan fingerprint density at radius 2 is 1.16 bits per heavy atom. The number of thioether (sulfide) groups is 2. The fourth-order valence-corrected chi connectivity index (χ4v) is 13.2. The SMILES string of the molecule is C=CC[C@@H]1c2ccc(C)cc2SC[C@]1(C)c1ccc(C)cc1.Cc1ccc2c(c1)SC[C@]1(C)c3ccc(cc3)CC(CCCCCC(F)(F)C(F)(F)F)CCCCCCCC[C@H]21. The summed E-state index contributed by atoms with van der Waals surface area (Å²) >= 11 is 3.99. The fraction of sp³-hybridized carbons (Fsp3) is 0.527. The molecule has 0 nitrogen and oxygen atoms in total. The lowest BCUT2D eigenvalue weighted by Crippen LogP contribution is -2.36. The van der Waals surface area contributed by atoms with Gasteiger partial charge in [0, 0.05) is 38.5 Å². The minimum absolute atomic E-state index is 0.0698. The Bertz CT molecular complexity index is 2050. The lowest BCUT2D eigenvalue weighted by Gasteiger charge is -2.43. The third-order valence-electron chi connectivity index (χ3n) is 14.3. The highest BCUT2D eigenvalue weighted by Crippen LogP contribution is 2.53. The largest absolute Gasteiger partial charge is 0.453 e. The van der Waals surface area contributed by atoms with E-state index in [1.165, 1.54) is 92.8 Å². The van der Waals surface area contributed by atoms with Crippen LogP contribution in [-0.4, -0.2) is 23.6 Å². The molecule has 0 amide bonds. The van der Waals surface area contributed by atoms with Crippen LogP contribution in [0, 0.1) is 26.7 Å². The van der Waals surface area contributed by atoms with Crippen LogP contribution in [0.1, 0.15) is 160 Å². The molecule has 0 fully saturated rings. The van der Waals surface area contributed by atoms with Gasteiger partial charge in [0.1, 0.15) is 0 Å². The number of allylic oxidation sites excluding steroid dienone is 1. The van der Waals surface area contributed by atoms with Gasteiger partial charge in [0.05, 0.1) is 0 Å². The highest BCUT2D eigenvalue weighted by atomic mass is 32.2. The molecule has 62 heavy (non-hydrogen) atoms. The predicted molar refractivity (Wildman–Crippen MR) is 255 cm³/mol. The molecule has 0 radical (unpaired) electrons. The molecule has 0 aromatic heterocycles. The third-order valence-corrected chi connectivity index (χ3v) is 17.1. The van der Waals surface area contributed by atoms with E-state index in [4.69, 9.17) is 0 Å². The normalized spacial score (nSPS) is 24.5. The van der Waals surface area contributed by atoms with Crippen LogP contribution in [0.15, 0.2) is 107 Å². The van der Waals surface area contributed by atoms with E-state index in [0.717, 1.165) is 43.6 Å². The lowest BCUT2D eigenvalue weighted by molar-refractivity contribution is -0.284. The van der Waals surface area contributed by atoms with Crippen LogP contribution in [0.3, 0.4) is 0 Å². The van der Waals surface area contributed by atoms with E-state index < -0.39 is 18.5 Å². The molecule has 0 N–H and O–H groups in total. The van der Waals surface area contributed by atoms with Crippen molar-refractivity contribution in [1.82, 2.24) is 0 Å². The molecular formula is C55H69F5S2. The second kappa shape index (κ2) is 21.3. The van der Waals surface area contributed by atoms with Gasteiger partial charge in [0.25, 0.3) is 0 Å². The van der Waals surface area contributed by atoms with Gasteiger partial charge in [-0.25, -0.2) is 0 Å². The van der Waals surface area contributed by atoms with Gasteiger partial charge in [0.15, 0.2) is 0 Å². The molecule has 2 aliphatic heterocycles. The van der Waals surface area contributed by atoms with Crippen LogP contribution in [0.5, 0.6) is 0 Å². The molecule has 0 saturated carbocycles. The van der Waals surface area contributed by atoms with Gasteiger partial charge in [-0.1, -0.05) is 174 Å². The summed E-state index contributed by atoms with van der Waals surface area (Å²) in [4.78, 5) is 2.90. The van der Waals surface area contributed by atoms with Crippen LogP contribution in [0.4, 0.5) is 22.0 Å². The van der Waals surface area contributed by atoms with E-state index in [1.54, 1.807) is 0 Å². The van der Waals surface area contributed by atoms with Gasteiger partial charge >= 0.3 is 12.1 Å². The highest BCUT2D eigenvalue weighted by Gasteiger charge is 2.56. The van der Waals surface area contributed by atoms with E-state index in [-0.39, 0.29) is 17.3 Å². The van der Waals surface area contributed by atoms with Crippen LogP contribution < -0.4 is 0 Å². The zero-order valence-corrected chi connectivity index (χ0v) is 39.5. The van der Waals surface area contributed by atoms with Crippen molar-refractivity contribution in [2.75, 3.05) is 11.5 Å². The van der Waals surface area contributed by atoms with Crippen LogP contribution in [-0.2, 0) is 17.3 Å². The maximum Gasteiger partial charge on any atom is 0.453 e. The minimum Gasteiger partial charge on any atom is -0.196 e. The van der Waals surface area contributed by atoms with E-state index in [9.17, 15) is 22.0 Å². The second-order valence-corrected chi connectivity index (χ2v) is 21.3. The molecule has 7 heteroatoms. The van der Waals surface area contributed by atoms with E-state index in [1.807, 2.05) is 23.5 Å². The zero-order chi connectivity index (χ0) is 44.5. The molecule has 336 valence electrons. The van der Waals surface area contributed by atoms with Crippen molar-refractivity contribution in [2.24, 2.45) is 5.92 Å². The Labute approximate surface area is 378 Å². The number of hydrogen-bond acceptors (Lipinski definition) is 2. The average molecular weight is 889 g/mol. The van der Waals surface area contributed by atoms with Crippen molar-refractivity contribution in [1.29, 1.82) is 0 Å². The fourth-order valence-electron chi connectivity index (χ4n) is 10.3. The molecule has 2 aliphatic carbocycles. The van der Waals surface area contributed by atoms with Gasteiger partial charge in [-0.3, -0.25) is 0 Å². The maximum absolute atomic E-state index is 13.3. The first-order valence-corrected chi connectivity index (χ1v) is 25.2. The van der Waals surface area contributed by atoms with Crippen LogP contribution in [0.2, 0.25) is 0 Å². The summed E-state index contributed by atoms with van der Waals surface area (Å²) in [5.41, 5.74) is 11.4. The van der Waals surface area contributed by atoms with Gasteiger partial charge < -0.3 is 0 Å². The van der Waals surface area contributed by atoms with E-state index >= 15 is 0 Å². The third kappa shape index (κ3) is 11.8. The first-order valence-electron chi connectivity index (χ1n) is 23.2. The lowest BCUT2D eigenvalue weighted by atomic mass is 9.67. The summed E-state index contributed by atoms with van der Waals surface area (Å²) < 4.78 is 63.9. The van der Waals surface area contributed by atoms with Crippen molar-refractivity contribution in [3.05, 3.63) is 142 Å². The number of alkyl halides is 5. The van der Waals surface area contributed by atoms with Gasteiger partial charge in [-0.05, 0) is 104 Å². The zero-order valence-electron chi connectivity index (χ0n) is 37.8. The Morgan fingerprint density at radius 1 is 0.629 bits per heavy atom. The van der Waals surface area contributed by atoms with Crippen molar-refractivity contribution in [3.8, 4) is 0 Å². The van der Waals surface area contributed by atoms with E-state index in [2.05, 4.69) is 132 Å². The summed E-state index contributed by atoms with van der Waals surface area (Å²) in [6, 6.07) is 32.2. The number of halogens is 5. The molecule has 4 aliphatic rings. The molecule has 0 saturated heterocycles. The molecule has 5 atom stereocenters. The molecule has 0 spiro atoms. The number of hydrogen-bond donors (Lipinski definition) is 0. The van der Waals surface area contributed by atoms with Crippen LogP contribution >= 0.6 is 23.5 Å². The first-order chi connectivity index (χ1) is 29.5. The summed E-state index contributed by atoms with van der Waals surface area (Å²) in [5, 5.41) is 0. The first kappa shape index (κ1) is 48.4. The standard InChI is InChI=1S/C34H45F5S.C21H24S/c1-25-15-20-29-30-14-10-6-4-3-5-8-12-26(13-9-7-11-21-33(35,36)34(37,38)39)23-27-16-18-28(19-17-27)32(30,2)24-40-31(29)22-25;1-5-6-19-18-12-9-16(3)13-20(18)22-14-21(19,4)17-10-7-15(2)8-11-17/h15-20,22,26,30H,3-14,21,23-24H2,1-2H3;5,7-13,19H,1,6,14H2,2-4H3/t26?,30-,32-;19-,21-/m11/s1. The number of fused-ring (bicyclic) bond motifs is 13. The second-order valence-electron chi connectivity index (χ2n) is 19.3. The topological polar surface area (TPSA) is 0 Å². The number of aryl methyl sites for hydroxylation is 3.